The van der Waals surface area contributed by atoms with Crippen LogP contribution < -0.4 is 0 Å². The molecule has 3 rings (SSSR count). The molecule has 3 nitrogen and oxygen atoms in total. The molecule has 0 fully saturated rings. The van der Waals surface area contributed by atoms with Gasteiger partial charge in [-0.1, -0.05) is 29.8 Å². The largest absolute Gasteiger partial charge is 0.294 e. The Morgan fingerprint density at radius 2 is 2.11 bits per heavy atom. The maximum absolute atomic E-state index is 12.2. The maximum Gasteiger partial charge on any atom is 0.166 e. The monoisotopic (exact) mass is 274 g/mol. The standard InChI is InChI=1S/C15H15ClN2O/c1-9-5-3-6-10(14(9)16)15-13-11(17-18(15)2)7-4-8-12(13)19/h3,5-6H,4,7-8H2,1-2H3. The number of halogens is 1. The van der Waals surface area contributed by atoms with Crippen molar-refractivity contribution in [1.82, 2.24) is 9.78 Å². The van der Waals surface area contributed by atoms with Crippen molar-refractivity contribution in [3.05, 3.63) is 40.0 Å². The number of ketones is 1. The number of rotatable bonds is 1. The highest BCUT2D eigenvalue weighted by Gasteiger charge is 2.27. The van der Waals surface area contributed by atoms with Crippen LogP contribution in [0.25, 0.3) is 11.3 Å². The second kappa shape index (κ2) is 4.49. The van der Waals surface area contributed by atoms with E-state index in [9.17, 15) is 4.79 Å². The minimum atomic E-state index is 0.182. The number of nitrogens with zero attached hydrogens (tertiary/aromatic N) is 2. The highest BCUT2D eigenvalue weighted by Crippen LogP contribution is 2.36. The molecule has 1 aromatic heterocycles. The first-order valence-electron chi connectivity index (χ1n) is 6.44. The lowest BCUT2D eigenvalue weighted by Crippen LogP contribution is -2.10. The summed E-state index contributed by atoms with van der Waals surface area (Å²) in [5.41, 5.74) is 4.44. The number of Topliss-reactive ketones (excluding diaryl/α,β-unsaturated/α-hetero) is 1. The van der Waals surface area contributed by atoms with E-state index in [1.165, 1.54) is 0 Å². The fraction of sp³-hybridized carbons (Fsp3) is 0.333. The van der Waals surface area contributed by atoms with Gasteiger partial charge in [0.15, 0.2) is 5.78 Å². The van der Waals surface area contributed by atoms with Crippen molar-refractivity contribution in [2.45, 2.75) is 26.2 Å². The predicted molar refractivity (Wildman–Crippen MR) is 75.7 cm³/mol. The van der Waals surface area contributed by atoms with E-state index in [-0.39, 0.29) is 5.78 Å². The van der Waals surface area contributed by atoms with Crippen LogP contribution >= 0.6 is 11.6 Å². The lowest BCUT2D eigenvalue weighted by molar-refractivity contribution is 0.0973. The molecule has 19 heavy (non-hydrogen) atoms. The number of aryl methyl sites for hydroxylation is 3. The smallest absolute Gasteiger partial charge is 0.166 e. The molecule has 0 aliphatic heterocycles. The molecular formula is C15H15ClN2O. The Hall–Kier alpha value is -1.61. The average molecular weight is 275 g/mol. The summed E-state index contributed by atoms with van der Waals surface area (Å²) in [5, 5.41) is 5.19. The molecule has 1 aliphatic carbocycles. The summed E-state index contributed by atoms with van der Waals surface area (Å²) >= 11 is 6.39. The van der Waals surface area contributed by atoms with Crippen LogP contribution in [-0.2, 0) is 13.5 Å². The Bertz CT molecular complexity index is 673. The Labute approximate surface area is 117 Å². The number of hydrogen-bond donors (Lipinski definition) is 0. The number of benzene rings is 1. The van der Waals surface area contributed by atoms with Gasteiger partial charge >= 0.3 is 0 Å². The van der Waals surface area contributed by atoms with E-state index in [1.807, 2.05) is 32.2 Å². The second-order valence-corrected chi connectivity index (χ2v) is 5.39. The van der Waals surface area contributed by atoms with Gasteiger partial charge in [0.25, 0.3) is 0 Å². The molecular weight excluding hydrogens is 260 g/mol. The van der Waals surface area contributed by atoms with Gasteiger partial charge in [0.2, 0.25) is 0 Å². The molecule has 0 unspecified atom stereocenters. The number of hydrogen-bond acceptors (Lipinski definition) is 2. The van der Waals surface area contributed by atoms with E-state index in [4.69, 9.17) is 11.6 Å². The van der Waals surface area contributed by atoms with Crippen LogP contribution in [0.15, 0.2) is 18.2 Å². The zero-order chi connectivity index (χ0) is 13.6. The summed E-state index contributed by atoms with van der Waals surface area (Å²) in [4.78, 5) is 12.2. The van der Waals surface area contributed by atoms with Crippen LogP contribution in [-0.4, -0.2) is 15.6 Å². The molecule has 0 radical (unpaired) electrons. The third-order valence-electron chi connectivity index (χ3n) is 3.66. The Balaban J connectivity index is 2.29. The molecule has 0 spiro atoms. The first-order valence-corrected chi connectivity index (χ1v) is 6.82. The summed E-state index contributed by atoms with van der Waals surface area (Å²) in [6, 6.07) is 5.88. The maximum atomic E-state index is 12.2. The summed E-state index contributed by atoms with van der Waals surface area (Å²) in [5.74, 6) is 0.182. The van der Waals surface area contributed by atoms with Crippen molar-refractivity contribution >= 4 is 17.4 Å². The van der Waals surface area contributed by atoms with E-state index in [0.29, 0.717) is 11.4 Å². The Morgan fingerprint density at radius 1 is 1.32 bits per heavy atom. The first kappa shape index (κ1) is 12.4. The van der Waals surface area contributed by atoms with Gasteiger partial charge in [-0.15, -0.1) is 0 Å². The lowest BCUT2D eigenvalue weighted by atomic mass is 9.92. The Morgan fingerprint density at radius 3 is 2.89 bits per heavy atom. The van der Waals surface area contributed by atoms with E-state index < -0.39 is 0 Å². The topological polar surface area (TPSA) is 34.9 Å². The summed E-state index contributed by atoms with van der Waals surface area (Å²) in [6.45, 7) is 1.97. The average Bonchev–Trinajstić information content (AvgIpc) is 2.71. The summed E-state index contributed by atoms with van der Waals surface area (Å²) < 4.78 is 1.79. The SMILES string of the molecule is Cc1cccc(-c2c3c(nn2C)CCCC3=O)c1Cl. The van der Waals surface area contributed by atoms with Crippen LogP contribution in [0.5, 0.6) is 0 Å². The van der Waals surface area contributed by atoms with Gasteiger partial charge in [-0.3, -0.25) is 9.48 Å². The van der Waals surface area contributed by atoms with Crippen LogP contribution in [0.3, 0.4) is 0 Å². The molecule has 0 N–H and O–H groups in total. The molecule has 0 saturated heterocycles. The van der Waals surface area contributed by atoms with Crippen LogP contribution in [0.1, 0.15) is 34.5 Å². The van der Waals surface area contributed by atoms with Crippen molar-refractivity contribution in [3.63, 3.8) is 0 Å². The van der Waals surface area contributed by atoms with Crippen LogP contribution in [0.2, 0.25) is 5.02 Å². The predicted octanol–water partition coefficient (Wildman–Crippen LogP) is 3.57. The lowest BCUT2D eigenvalue weighted by Gasteiger charge is -2.12. The van der Waals surface area contributed by atoms with Gasteiger partial charge in [0.1, 0.15) is 0 Å². The van der Waals surface area contributed by atoms with E-state index in [0.717, 1.165) is 40.9 Å². The van der Waals surface area contributed by atoms with Crippen molar-refractivity contribution in [2.75, 3.05) is 0 Å². The molecule has 0 bridgehead atoms. The van der Waals surface area contributed by atoms with E-state index >= 15 is 0 Å². The van der Waals surface area contributed by atoms with Gasteiger partial charge in [0, 0.05) is 19.0 Å². The summed E-state index contributed by atoms with van der Waals surface area (Å²) in [7, 11) is 1.87. The quantitative estimate of drug-likeness (QED) is 0.797. The molecule has 0 amide bonds. The molecule has 1 heterocycles. The third kappa shape index (κ3) is 1.89. The van der Waals surface area contributed by atoms with Gasteiger partial charge in [-0.05, 0) is 25.3 Å². The Kier molecular flexibility index (Phi) is 2.94. The van der Waals surface area contributed by atoms with Gasteiger partial charge in [0.05, 0.1) is 22.0 Å². The highest BCUT2D eigenvalue weighted by molar-refractivity contribution is 6.34. The van der Waals surface area contributed by atoms with E-state index in [2.05, 4.69) is 5.10 Å². The number of carbonyl (C=O) groups excluding carboxylic acids is 1. The number of fused-ring (bicyclic) bond motifs is 1. The van der Waals surface area contributed by atoms with Crippen molar-refractivity contribution < 1.29 is 4.79 Å². The van der Waals surface area contributed by atoms with E-state index in [1.54, 1.807) is 4.68 Å². The summed E-state index contributed by atoms with van der Waals surface area (Å²) in [6.07, 6.45) is 2.37. The molecule has 0 atom stereocenters. The minimum absolute atomic E-state index is 0.182. The number of carbonyl (C=O) groups is 1. The molecule has 98 valence electrons. The van der Waals surface area contributed by atoms with Crippen LogP contribution in [0, 0.1) is 6.92 Å². The molecule has 0 saturated carbocycles. The van der Waals surface area contributed by atoms with Crippen molar-refractivity contribution in [2.24, 2.45) is 7.05 Å². The molecule has 1 aliphatic rings. The molecule has 2 aromatic rings. The van der Waals surface area contributed by atoms with Crippen LogP contribution in [0.4, 0.5) is 0 Å². The van der Waals surface area contributed by atoms with Gasteiger partial charge in [-0.2, -0.15) is 5.10 Å². The molecule has 4 heteroatoms. The number of aromatic nitrogens is 2. The second-order valence-electron chi connectivity index (χ2n) is 5.01. The highest BCUT2D eigenvalue weighted by atomic mass is 35.5. The minimum Gasteiger partial charge on any atom is -0.294 e. The zero-order valence-corrected chi connectivity index (χ0v) is 11.8. The van der Waals surface area contributed by atoms with Gasteiger partial charge < -0.3 is 0 Å². The fourth-order valence-electron chi connectivity index (χ4n) is 2.73. The molecule has 1 aromatic carbocycles. The zero-order valence-electron chi connectivity index (χ0n) is 11.0. The third-order valence-corrected chi connectivity index (χ3v) is 4.16. The first-order chi connectivity index (χ1) is 9.09. The van der Waals surface area contributed by atoms with Crippen molar-refractivity contribution in [3.8, 4) is 11.3 Å². The van der Waals surface area contributed by atoms with Crippen molar-refractivity contribution in [1.29, 1.82) is 0 Å². The fourth-order valence-corrected chi connectivity index (χ4v) is 2.94. The van der Waals surface area contributed by atoms with Gasteiger partial charge in [-0.25, -0.2) is 0 Å². The normalized spacial score (nSPS) is 14.6.